The minimum Gasteiger partial charge on any atom is -0.480 e. The van der Waals surface area contributed by atoms with Crippen LogP contribution < -0.4 is 27.4 Å². The molecule has 0 saturated heterocycles. The fourth-order valence-corrected chi connectivity index (χ4v) is 2.11. The molecule has 8 N–H and O–H groups in total. The lowest BCUT2D eigenvalue weighted by molar-refractivity contribution is -0.138. The Kier molecular flexibility index (Phi) is 11.2. The molecule has 3 amide bonds. The number of carbonyl (C=O) groups is 4. The molecule has 0 fully saturated rings. The van der Waals surface area contributed by atoms with E-state index >= 15 is 0 Å². The summed E-state index contributed by atoms with van der Waals surface area (Å²) in [4.78, 5) is 46.8. The highest BCUT2D eigenvalue weighted by molar-refractivity contribution is 5.93. The largest absolute Gasteiger partial charge is 0.480 e. The first-order valence-corrected chi connectivity index (χ1v) is 8.66. The molecule has 26 heavy (non-hydrogen) atoms. The van der Waals surface area contributed by atoms with Crippen LogP contribution >= 0.6 is 0 Å². The highest BCUT2D eigenvalue weighted by Gasteiger charge is 2.27. The smallest absolute Gasteiger partial charge is 0.322 e. The molecule has 10 heteroatoms. The molecule has 3 unspecified atom stereocenters. The number of hydrogen-bond acceptors (Lipinski definition) is 6. The van der Waals surface area contributed by atoms with Gasteiger partial charge in [0.25, 0.3) is 0 Å². The van der Waals surface area contributed by atoms with Gasteiger partial charge >= 0.3 is 5.97 Å². The van der Waals surface area contributed by atoms with E-state index in [4.69, 9.17) is 16.6 Å². The molecule has 3 atom stereocenters. The van der Waals surface area contributed by atoms with E-state index in [2.05, 4.69) is 16.0 Å². The molecule has 0 aliphatic carbocycles. The normalized spacial score (nSPS) is 14.2. The SMILES string of the molecule is CC(NC(=O)C(N)CCCCN)C(=O)NC(C(=O)NCC(=O)O)C(C)C. The van der Waals surface area contributed by atoms with Crippen molar-refractivity contribution in [3.63, 3.8) is 0 Å². The number of carboxylic acid groups (broad SMARTS) is 1. The van der Waals surface area contributed by atoms with Crippen LogP contribution in [0.25, 0.3) is 0 Å². The number of rotatable bonds is 12. The highest BCUT2D eigenvalue weighted by Crippen LogP contribution is 2.03. The molecular formula is C16H31N5O5. The fraction of sp³-hybridized carbons (Fsp3) is 0.750. The van der Waals surface area contributed by atoms with E-state index in [0.717, 1.165) is 6.42 Å². The van der Waals surface area contributed by atoms with E-state index in [1.54, 1.807) is 13.8 Å². The molecule has 0 spiro atoms. The number of carbonyl (C=O) groups excluding carboxylic acids is 3. The van der Waals surface area contributed by atoms with E-state index in [0.29, 0.717) is 19.4 Å². The van der Waals surface area contributed by atoms with Crippen LogP contribution in [0.1, 0.15) is 40.0 Å². The molecular weight excluding hydrogens is 342 g/mol. The van der Waals surface area contributed by atoms with Crippen LogP contribution in [0.5, 0.6) is 0 Å². The van der Waals surface area contributed by atoms with E-state index in [1.165, 1.54) is 6.92 Å². The number of unbranched alkanes of at least 4 members (excludes halogenated alkanes) is 1. The fourth-order valence-electron chi connectivity index (χ4n) is 2.11. The van der Waals surface area contributed by atoms with Crippen molar-refractivity contribution in [2.45, 2.75) is 58.2 Å². The van der Waals surface area contributed by atoms with Gasteiger partial charge in [-0.1, -0.05) is 20.3 Å². The van der Waals surface area contributed by atoms with Gasteiger partial charge in [-0.3, -0.25) is 19.2 Å². The number of amides is 3. The second-order valence-corrected chi connectivity index (χ2v) is 6.46. The maximum atomic E-state index is 12.2. The van der Waals surface area contributed by atoms with Crippen molar-refractivity contribution < 1.29 is 24.3 Å². The molecule has 0 bridgehead atoms. The van der Waals surface area contributed by atoms with Crippen LogP contribution in [0, 0.1) is 5.92 Å². The number of nitrogens with one attached hydrogen (secondary N) is 3. The van der Waals surface area contributed by atoms with Crippen LogP contribution in [0.4, 0.5) is 0 Å². The van der Waals surface area contributed by atoms with Crippen LogP contribution in [0.3, 0.4) is 0 Å². The molecule has 0 aromatic rings. The summed E-state index contributed by atoms with van der Waals surface area (Å²) < 4.78 is 0. The van der Waals surface area contributed by atoms with Gasteiger partial charge in [0.15, 0.2) is 0 Å². The van der Waals surface area contributed by atoms with Crippen molar-refractivity contribution in [1.29, 1.82) is 0 Å². The number of hydrogen-bond donors (Lipinski definition) is 6. The monoisotopic (exact) mass is 373 g/mol. The summed E-state index contributed by atoms with van der Waals surface area (Å²) in [6.07, 6.45) is 1.94. The van der Waals surface area contributed by atoms with Gasteiger partial charge in [0.1, 0.15) is 18.6 Å². The third kappa shape index (κ3) is 9.33. The minimum atomic E-state index is -1.18. The lowest BCUT2D eigenvalue weighted by atomic mass is 10.0. The van der Waals surface area contributed by atoms with E-state index < -0.39 is 48.4 Å². The first kappa shape index (κ1) is 23.8. The average Bonchev–Trinajstić information content (AvgIpc) is 2.56. The van der Waals surface area contributed by atoms with Gasteiger partial charge in [0.05, 0.1) is 6.04 Å². The Morgan fingerprint density at radius 2 is 1.58 bits per heavy atom. The Bertz CT molecular complexity index is 497. The Morgan fingerprint density at radius 1 is 0.962 bits per heavy atom. The van der Waals surface area contributed by atoms with Crippen LogP contribution in [0.2, 0.25) is 0 Å². The lowest BCUT2D eigenvalue weighted by Gasteiger charge is -2.24. The summed E-state index contributed by atoms with van der Waals surface area (Å²) in [7, 11) is 0. The first-order chi connectivity index (χ1) is 12.1. The Hall–Kier alpha value is -2.20. The van der Waals surface area contributed by atoms with Gasteiger partial charge in [-0.25, -0.2) is 0 Å². The zero-order chi connectivity index (χ0) is 20.3. The van der Waals surface area contributed by atoms with Crippen molar-refractivity contribution in [3.05, 3.63) is 0 Å². The molecule has 0 aromatic carbocycles. The quantitative estimate of drug-likeness (QED) is 0.221. The van der Waals surface area contributed by atoms with Crippen molar-refractivity contribution >= 4 is 23.7 Å². The van der Waals surface area contributed by atoms with Crippen molar-refractivity contribution in [1.82, 2.24) is 16.0 Å². The summed E-state index contributed by atoms with van der Waals surface area (Å²) in [5.74, 6) is -3.07. The molecule has 150 valence electrons. The van der Waals surface area contributed by atoms with Gasteiger partial charge in [-0.2, -0.15) is 0 Å². The van der Waals surface area contributed by atoms with E-state index in [1.807, 2.05) is 0 Å². The third-order valence-electron chi connectivity index (χ3n) is 3.72. The Morgan fingerprint density at radius 3 is 2.08 bits per heavy atom. The predicted molar refractivity (Wildman–Crippen MR) is 95.9 cm³/mol. The molecule has 0 heterocycles. The summed E-state index contributed by atoms with van der Waals surface area (Å²) >= 11 is 0. The van der Waals surface area contributed by atoms with Crippen molar-refractivity contribution in [3.8, 4) is 0 Å². The summed E-state index contributed by atoms with van der Waals surface area (Å²) in [6.45, 7) is 4.88. The number of carboxylic acids is 1. The summed E-state index contributed by atoms with van der Waals surface area (Å²) in [5, 5.41) is 15.9. The Labute approximate surface area is 153 Å². The molecule has 0 aromatic heterocycles. The summed E-state index contributed by atoms with van der Waals surface area (Å²) in [6, 6.07) is -2.55. The van der Waals surface area contributed by atoms with Crippen LogP contribution in [-0.2, 0) is 19.2 Å². The predicted octanol–water partition coefficient (Wildman–Crippen LogP) is -1.71. The standard InChI is InChI=1S/C16H31N5O5/c1-9(2)13(16(26)19-8-12(22)23)21-14(24)10(3)20-15(25)11(18)6-4-5-7-17/h9-11,13H,4-8,17-18H2,1-3H3,(H,19,26)(H,20,25)(H,21,24)(H,22,23). The van der Waals surface area contributed by atoms with Crippen LogP contribution in [0.15, 0.2) is 0 Å². The lowest BCUT2D eigenvalue weighted by Crippen LogP contribution is -2.56. The average molecular weight is 373 g/mol. The van der Waals surface area contributed by atoms with Crippen molar-refractivity contribution in [2.75, 3.05) is 13.1 Å². The van der Waals surface area contributed by atoms with Gasteiger partial charge < -0.3 is 32.5 Å². The number of aliphatic carboxylic acids is 1. The molecule has 0 aliphatic rings. The maximum Gasteiger partial charge on any atom is 0.322 e. The molecule has 0 saturated carbocycles. The first-order valence-electron chi connectivity index (χ1n) is 8.66. The zero-order valence-electron chi connectivity index (χ0n) is 15.6. The van der Waals surface area contributed by atoms with E-state index in [9.17, 15) is 19.2 Å². The van der Waals surface area contributed by atoms with Gasteiger partial charge in [-0.05, 0) is 32.2 Å². The van der Waals surface area contributed by atoms with Gasteiger partial charge in [0.2, 0.25) is 17.7 Å². The maximum absolute atomic E-state index is 12.2. The van der Waals surface area contributed by atoms with Crippen molar-refractivity contribution in [2.24, 2.45) is 17.4 Å². The molecule has 0 radical (unpaired) electrons. The highest BCUT2D eigenvalue weighted by atomic mass is 16.4. The minimum absolute atomic E-state index is 0.269. The zero-order valence-corrected chi connectivity index (χ0v) is 15.6. The topological polar surface area (TPSA) is 177 Å². The molecule has 0 aliphatic heterocycles. The van der Waals surface area contributed by atoms with Gasteiger partial charge in [-0.15, -0.1) is 0 Å². The summed E-state index contributed by atoms with van der Waals surface area (Å²) in [5.41, 5.74) is 11.2. The molecule has 10 nitrogen and oxygen atoms in total. The third-order valence-corrected chi connectivity index (χ3v) is 3.72. The second-order valence-electron chi connectivity index (χ2n) is 6.46. The van der Waals surface area contributed by atoms with Gasteiger partial charge in [0, 0.05) is 0 Å². The molecule has 0 rings (SSSR count). The Balaban J connectivity index is 4.61. The second kappa shape index (κ2) is 12.2. The van der Waals surface area contributed by atoms with Crippen LogP contribution in [-0.4, -0.2) is 60.0 Å². The number of nitrogens with two attached hydrogens (primary N) is 2. The van der Waals surface area contributed by atoms with E-state index in [-0.39, 0.29) is 5.92 Å².